The van der Waals surface area contributed by atoms with Gasteiger partial charge >= 0.3 is 5.97 Å². The maximum Gasteiger partial charge on any atom is 0.364 e. The summed E-state index contributed by atoms with van der Waals surface area (Å²) in [7, 11) is 0. The molecule has 0 saturated carbocycles. The van der Waals surface area contributed by atoms with Crippen molar-refractivity contribution in [2.24, 2.45) is 5.16 Å². The van der Waals surface area contributed by atoms with Crippen LogP contribution in [0.15, 0.2) is 17.4 Å². The van der Waals surface area contributed by atoms with E-state index < -0.39 is 5.97 Å². The molecule has 0 aromatic carbocycles. The monoisotopic (exact) mass is 238 g/mol. The molecule has 0 saturated heterocycles. The van der Waals surface area contributed by atoms with Crippen LogP contribution in [0, 0.1) is 0 Å². The van der Waals surface area contributed by atoms with Gasteiger partial charge in [-0.25, -0.2) is 14.8 Å². The second kappa shape index (κ2) is 6.41. The molecule has 0 unspecified atom stereocenters. The highest BCUT2D eigenvalue weighted by molar-refractivity contribution is 6.42. The van der Waals surface area contributed by atoms with Crippen LogP contribution in [-0.4, -0.2) is 34.9 Å². The largest absolute Gasteiger partial charge is 0.461 e. The molecular weight excluding hydrogens is 224 g/mol. The molecule has 2 N–H and O–H groups in total. The van der Waals surface area contributed by atoms with Crippen molar-refractivity contribution >= 4 is 17.5 Å². The Morgan fingerprint density at radius 1 is 1.47 bits per heavy atom. The topological polar surface area (TPSA) is 99.7 Å². The number of nitrogens with zero attached hydrogens (tertiary/aromatic N) is 3. The van der Waals surface area contributed by atoms with Crippen LogP contribution in [0.1, 0.15) is 19.7 Å². The normalized spacial score (nSPS) is 11.1. The van der Waals surface area contributed by atoms with E-state index in [-0.39, 0.29) is 24.0 Å². The summed E-state index contributed by atoms with van der Waals surface area (Å²) >= 11 is 0. The lowest BCUT2D eigenvalue weighted by Crippen LogP contribution is -2.22. The molecule has 1 heterocycles. The van der Waals surface area contributed by atoms with Gasteiger partial charge < -0.3 is 15.3 Å². The Labute approximate surface area is 98.6 Å². The number of hydrogen-bond acceptors (Lipinski definition) is 7. The molecule has 92 valence electrons. The molecule has 7 nitrogen and oxygen atoms in total. The molecule has 0 amide bonds. The van der Waals surface area contributed by atoms with Gasteiger partial charge in [0.2, 0.25) is 5.71 Å². The van der Waals surface area contributed by atoms with Crippen molar-refractivity contribution in [3.05, 3.63) is 18.1 Å². The van der Waals surface area contributed by atoms with E-state index in [1.165, 1.54) is 12.3 Å². The van der Waals surface area contributed by atoms with Crippen molar-refractivity contribution in [3.63, 3.8) is 0 Å². The lowest BCUT2D eigenvalue weighted by atomic mass is 10.3. The highest BCUT2D eigenvalue weighted by Gasteiger charge is 2.19. The van der Waals surface area contributed by atoms with Gasteiger partial charge in [-0.15, -0.1) is 0 Å². The average molecular weight is 238 g/mol. The smallest absolute Gasteiger partial charge is 0.364 e. The van der Waals surface area contributed by atoms with Crippen LogP contribution in [0.3, 0.4) is 0 Å². The van der Waals surface area contributed by atoms with E-state index in [2.05, 4.69) is 15.1 Å². The zero-order valence-electron chi connectivity index (χ0n) is 9.71. The third-order valence-corrected chi connectivity index (χ3v) is 1.64. The van der Waals surface area contributed by atoms with Crippen molar-refractivity contribution in [1.82, 2.24) is 9.97 Å². The zero-order chi connectivity index (χ0) is 12.7. The Kier molecular flexibility index (Phi) is 4.86. The first-order valence-electron chi connectivity index (χ1n) is 5.15. The van der Waals surface area contributed by atoms with Gasteiger partial charge in [0.1, 0.15) is 12.4 Å². The summed E-state index contributed by atoms with van der Waals surface area (Å²) in [5, 5.41) is 3.63. The predicted octanol–water partition coefficient (Wildman–Crippen LogP) is 0.362. The highest BCUT2D eigenvalue weighted by Crippen LogP contribution is 2.01. The number of nitrogens with two attached hydrogens (primary N) is 1. The van der Waals surface area contributed by atoms with Crippen molar-refractivity contribution in [2.45, 2.75) is 13.8 Å². The number of esters is 1. The van der Waals surface area contributed by atoms with Gasteiger partial charge in [-0.05, 0) is 19.9 Å². The Morgan fingerprint density at radius 2 is 2.24 bits per heavy atom. The number of carbonyl (C=O) groups is 1. The van der Waals surface area contributed by atoms with Crippen LogP contribution in [0.5, 0.6) is 0 Å². The van der Waals surface area contributed by atoms with E-state index in [9.17, 15) is 4.79 Å². The Hall–Kier alpha value is -2.18. The maximum absolute atomic E-state index is 11.6. The Bertz CT molecular complexity index is 420. The minimum absolute atomic E-state index is 0.0805. The van der Waals surface area contributed by atoms with E-state index >= 15 is 0 Å². The standard InChI is InChI=1S/C10H14N4O3/c1-3-16-10(15)8(14-17-4-2)9-12-6-5-7(11)13-9/h5-6H,3-4H2,1-2H3,(H2,11,12,13)/b14-8-. The van der Waals surface area contributed by atoms with Gasteiger partial charge in [-0.3, -0.25) is 0 Å². The molecule has 1 aromatic heterocycles. The number of ether oxygens (including phenoxy) is 1. The van der Waals surface area contributed by atoms with Crippen molar-refractivity contribution in [2.75, 3.05) is 18.9 Å². The van der Waals surface area contributed by atoms with Crippen LogP contribution in [0.2, 0.25) is 0 Å². The number of carbonyl (C=O) groups excluding carboxylic acids is 1. The van der Waals surface area contributed by atoms with Gasteiger partial charge in [0, 0.05) is 6.20 Å². The minimum atomic E-state index is -0.647. The summed E-state index contributed by atoms with van der Waals surface area (Å²) in [5.74, 6) is -0.327. The van der Waals surface area contributed by atoms with Gasteiger partial charge in [-0.1, -0.05) is 5.16 Å². The van der Waals surface area contributed by atoms with Crippen LogP contribution in [-0.2, 0) is 14.4 Å². The van der Waals surface area contributed by atoms with Gasteiger partial charge in [0.25, 0.3) is 0 Å². The highest BCUT2D eigenvalue weighted by atomic mass is 16.6. The summed E-state index contributed by atoms with van der Waals surface area (Å²) < 4.78 is 4.82. The average Bonchev–Trinajstić information content (AvgIpc) is 2.30. The summed E-state index contributed by atoms with van der Waals surface area (Å²) in [6.45, 7) is 3.99. The number of oxime groups is 1. The van der Waals surface area contributed by atoms with Crippen LogP contribution in [0.25, 0.3) is 0 Å². The second-order valence-electron chi connectivity index (χ2n) is 2.88. The number of rotatable bonds is 5. The maximum atomic E-state index is 11.6. The zero-order valence-corrected chi connectivity index (χ0v) is 9.71. The van der Waals surface area contributed by atoms with Gasteiger partial charge in [0.05, 0.1) is 6.61 Å². The summed E-state index contributed by atoms with van der Waals surface area (Å²) in [6.07, 6.45) is 1.43. The third-order valence-electron chi connectivity index (χ3n) is 1.64. The first-order valence-corrected chi connectivity index (χ1v) is 5.15. The molecule has 0 spiro atoms. The second-order valence-corrected chi connectivity index (χ2v) is 2.88. The third kappa shape index (κ3) is 3.71. The molecule has 0 aliphatic carbocycles. The number of hydrogen-bond donors (Lipinski definition) is 1. The molecular formula is C10H14N4O3. The van der Waals surface area contributed by atoms with E-state index in [1.807, 2.05) is 0 Å². The van der Waals surface area contributed by atoms with Crippen molar-refractivity contribution in [3.8, 4) is 0 Å². The minimum Gasteiger partial charge on any atom is -0.461 e. The fourth-order valence-electron chi connectivity index (χ4n) is 0.985. The van der Waals surface area contributed by atoms with E-state index in [4.69, 9.17) is 15.3 Å². The number of aromatic nitrogens is 2. The van der Waals surface area contributed by atoms with Crippen molar-refractivity contribution < 1.29 is 14.4 Å². The van der Waals surface area contributed by atoms with E-state index in [1.54, 1.807) is 13.8 Å². The molecule has 0 radical (unpaired) electrons. The fraction of sp³-hybridized carbons (Fsp3) is 0.400. The fourth-order valence-corrected chi connectivity index (χ4v) is 0.985. The molecule has 17 heavy (non-hydrogen) atoms. The molecule has 0 atom stereocenters. The molecule has 0 aliphatic rings. The molecule has 1 rings (SSSR count). The first kappa shape index (κ1) is 12.9. The lowest BCUT2D eigenvalue weighted by molar-refractivity contribution is -0.135. The molecule has 0 bridgehead atoms. The van der Waals surface area contributed by atoms with E-state index in [0.29, 0.717) is 6.61 Å². The molecule has 0 fully saturated rings. The van der Waals surface area contributed by atoms with Crippen LogP contribution in [0.4, 0.5) is 5.82 Å². The van der Waals surface area contributed by atoms with Crippen LogP contribution >= 0.6 is 0 Å². The first-order chi connectivity index (χ1) is 8.19. The van der Waals surface area contributed by atoms with E-state index in [0.717, 1.165) is 0 Å². The lowest BCUT2D eigenvalue weighted by Gasteiger charge is -2.04. The summed E-state index contributed by atoms with van der Waals surface area (Å²) in [6, 6.07) is 1.51. The molecule has 1 aromatic rings. The molecule has 0 aliphatic heterocycles. The predicted molar refractivity (Wildman–Crippen MR) is 61.2 cm³/mol. The SMILES string of the molecule is CCO/N=C(\C(=O)OCC)c1nccc(N)n1. The Morgan fingerprint density at radius 3 is 2.82 bits per heavy atom. The summed E-state index contributed by atoms with van der Waals surface area (Å²) in [4.78, 5) is 24.2. The number of anilines is 1. The van der Waals surface area contributed by atoms with Gasteiger partial charge in [0.15, 0.2) is 5.82 Å². The quantitative estimate of drug-likeness (QED) is 0.451. The summed E-state index contributed by atoms with van der Waals surface area (Å²) in [5.41, 5.74) is 5.40. The Balaban J connectivity index is 3.02. The molecule has 7 heteroatoms. The van der Waals surface area contributed by atoms with Crippen molar-refractivity contribution in [1.29, 1.82) is 0 Å². The van der Waals surface area contributed by atoms with Gasteiger partial charge in [-0.2, -0.15) is 0 Å². The van der Waals surface area contributed by atoms with Crippen LogP contribution < -0.4 is 5.73 Å². The number of nitrogen functional groups attached to an aromatic ring is 1.